The summed E-state index contributed by atoms with van der Waals surface area (Å²) in [4.78, 5) is 25.3. The molecule has 2 N–H and O–H groups in total. The van der Waals surface area contributed by atoms with Crippen LogP contribution >= 0.6 is 11.6 Å². The van der Waals surface area contributed by atoms with Gasteiger partial charge in [0.25, 0.3) is 0 Å². The first-order valence-electron chi connectivity index (χ1n) is 10.1. The maximum atomic E-state index is 13.5. The zero-order valence-corrected chi connectivity index (χ0v) is 18.0. The fourth-order valence-corrected chi connectivity index (χ4v) is 3.40. The van der Waals surface area contributed by atoms with Gasteiger partial charge in [-0.1, -0.05) is 11.6 Å². The van der Waals surface area contributed by atoms with E-state index in [1.165, 1.54) is 18.3 Å². The van der Waals surface area contributed by atoms with Gasteiger partial charge in [-0.15, -0.1) is 0 Å². The molecule has 1 aromatic carbocycles. The highest BCUT2D eigenvalue weighted by Crippen LogP contribution is 2.30. The van der Waals surface area contributed by atoms with E-state index in [0.29, 0.717) is 47.4 Å². The number of nitrogens with zero attached hydrogens (tertiary/aromatic N) is 3. The van der Waals surface area contributed by atoms with Crippen LogP contribution in [0.3, 0.4) is 0 Å². The molecule has 166 valence electrons. The number of ether oxygens (including phenoxy) is 2. The Labute approximate surface area is 189 Å². The van der Waals surface area contributed by atoms with E-state index in [-0.39, 0.29) is 17.7 Å². The Morgan fingerprint density at radius 2 is 2.19 bits per heavy atom. The molecule has 2 aromatic heterocycles. The molecule has 8 nitrogen and oxygen atoms in total. The van der Waals surface area contributed by atoms with Gasteiger partial charge in [-0.25, -0.2) is 14.2 Å². The first-order chi connectivity index (χ1) is 15.5. The molecule has 32 heavy (non-hydrogen) atoms. The van der Waals surface area contributed by atoms with Crippen molar-refractivity contribution in [1.82, 2.24) is 15.0 Å². The van der Waals surface area contributed by atoms with E-state index in [2.05, 4.69) is 25.6 Å². The third-order valence-electron chi connectivity index (χ3n) is 4.80. The second kappa shape index (κ2) is 9.88. The minimum absolute atomic E-state index is 0.00470. The molecule has 3 heterocycles. The molecule has 1 unspecified atom stereocenters. The zero-order valence-electron chi connectivity index (χ0n) is 17.3. The van der Waals surface area contributed by atoms with Crippen LogP contribution in [-0.4, -0.2) is 46.8 Å². The van der Waals surface area contributed by atoms with E-state index in [1.54, 1.807) is 31.5 Å². The summed E-state index contributed by atoms with van der Waals surface area (Å²) in [5, 5.41) is 6.41. The van der Waals surface area contributed by atoms with Gasteiger partial charge in [-0.2, -0.15) is 4.98 Å². The molecule has 1 saturated heterocycles. The van der Waals surface area contributed by atoms with Crippen molar-refractivity contribution in [2.45, 2.75) is 19.4 Å². The molecular weight excluding hydrogens is 437 g/mol. The van der Waals surface area contributed by atoms with Crippen molar-refractivity contribution >= 4 is 35.0 Å². The van der Waals surface area contributed by atoms with Crippen molar-refractivity contribution in [1.29, 1.82) is 0 Å². The Morgan fingerprint density at radius 3 is 2.94 bits per heavy atom. The smallest absolute Gasteiger partial charge is 0.339 e. The summed E-state index contributed by atoms with van der Waals surface area (Å²) in [5.41, 5.74) is 2.21. The monoisotopic (exact) mass is 457 g/mol. The van der Waals surface area contributed by atoms with Gasteiger partial charge in [0, 0.05) is 42.0 Å². The van der Waals surface area contributed by atoms with Gasteiger partial charge in [-0.3, -0.25) is 4.98 Å². The number of aromatic nitrogens is 3. The number of rotatable bonds is 7. The van der Waals surface area contributed by atoms with Gasteiger partial charge < -0.3 is 20.1 Å². The first kappa shape index (κ1) is 21.9. The average Bonchev–Trinajstić information content (AvgIpc) is 3.30. The number of carbonyl (C=O) groups excluding carboxylic acids is 1. The van der Waals surface area contributed by atoms with Crippen molar-refractivity contribution in [2.75, 3.05) is 30.5 Å². The summed E-state index contributed by atoms with van der Waals surface area (Å²) < 4.78 is 24.0. The van der Waals surface area contributed by atoms with Gasteiger partial charge in [0.05, 0.1) is 29.8 Å². The van der Waals surface area contributed by atoms with Crippen molar-refractivity contribution in [3.8, 4) is 11.1 Å². The zero-order chi connectivity index (χ0) is 22.5. The highest BCUT2D eigenvalue weighted by atomic mass is 35.5. The molecule has 1 aliphatic rings. The number of carbonyl (C=O) groups is 1. The lowest BCUT2D eigenvalue weighted by Crippen LogP contribution is -2.20. The summed E-state index contributed by atoms with van der Waals surface area (Å²) >= 11 is 5.87. The lowest BCUT2D eigenvalue weighted by atomic mass is 10.1. The van der Waals surface area contributed by atoms with Gasteiger partial charge >= 0.3 is 5.97 Å². The van der Waals surface area contributed by atoms with E-state index in [0.717, 1.165) is 6.42 Å². The third kappa shape index (κ3) is 5.12. The molecule has 0 amide bonds. The maximum absolute atomic E-state index is 13.5. The molecule has 1 atom stereocenters. The van der Waals surface area contributed by atoms with Gasteiger partial charge in [0.2, 0.25) is 5.95 Å². The molecule has 1 aliphatic heterocycles. The molecule has 4 rings (SSSR count). The van der Waals surface area contributed by atoms with Gasteiger partial charge in [0.15, 0.2) is 0 Å². The number of hydrogen-bond acceptors (Lipinski definition) is 8. The number of benzene rings is 1. The van der Waals surface area contributed by atoms with Crippen LogP contribution in [0.2, 0.25) is 5.02 Å². The van der Waals surface area contributed by atoms with E-state index in [4.69, 9.17) is 21.1 Å². The van der Waals surface area contributed by atoms with Crippen LogP contribution in [0.4, 0.5) is 21.8 Å². The molecule has 0 spiro atoms. The van der Waals surface area contributed by atoms with Crippen LogP contribution in [0.25, 0.3) is 11.1 Å². The molecule has 10 heteroatoms. The van der Waals surface area contributed by atoms with E-state index in [1.807, 2.05) is 0 Å². The lowest BCUT2D eigenvalue weighted by Gasteiger charge is -2.17. The number of anilines is 3. The Bertz CT molecular complexity index is 1120. The van der Waals surface area contributed by atoms with Crippen LogP contribution in [-0.2, 0) is 9.47 Å². The first-order valence-corrected chi connectivity index (χ1v) is 10.5. The lowest BCUT2D eigenvalue weighted by molar-refractivity contribution is 0.0526. The Kier molecular flexibility index (Phi) is 6.77. The van der Waals surface area contributed by atoms with Crippen LogP contribution in [0, 0.1) is 5.82 Å². The van der Waals surface area contributed by atoms with Gasteiger partial charge in [0.1, 0.15) is 11.6 Å². The molecule has 0 radical (unpaired) electrons. The summed E-state index contributed by atoms with van der Waals surface area (Å²) in [6, 6.07) is 6.04. The summed E-state index contributed by atoms with van der Waals surface area (Å²) in [7, 11) is 0. The maximum Gasteiger partial charge on any atom is 0.339 e. The van der Waals surface area contributed by atoms with Crippen molar-refractivity contribution in [2.24, 2.45) is 0 Å². The Balaban J connectivity index is 1.67. The van der Waals surface area contributed by atoms with Crippen molar-refractivity contribution in [3.05, 3.63) is 59.3 Å². The second-order valence-electron chi connectivity index (χ2n) is 7.10. The molecule has 1 fully saturated rings. The molecule has 0 bridgehead atoms. The van der Waals surface area contributed by atoms with Crippen LogP contribution < -0.4 is 10.6 Å². The fourth-order valence-electron chi connectivity index (χ4n) is 3.22. The second-order valence-corrected chi connectivity index (χ2v) is 7.50. The molecule has 3 aromatic rings. The minimum atomic E-state index is -0.508. The van der Waals surface area contributed by atoms with Gasteiger partial charge in [-0.05, 0) is 37.6 Å². The van der Waals surface area contributed by atoms with Crippen LogP contribution in [0.1, 0.15) is 23.7 Å². The Morgan fingerprint density at radius 1 is 1.31 bits per heavy atom. The number of nitrogens with one attached hydrogen (secondary N) is 2. The highest BCUT2D eigenvalue weighted by molar-refractivity contribution is 6.31. The highest BCUT2D eigenvalue weighted by Gasteiger charge is 2.20. The predicted molar refractivity (Wildman–Crippen MR) is 119 cm³/mol. The predicted octanol–water partition coefficient (Wildman–Crippen LogP) is 4.45. The number of hydrogen-bond donors (Lipinski definition) is 2. The largest absolute Gasteiger partial charge is 0.462 e. The average molecular weight is 458 g/mol. The SMILES string of the molecule is CCOC(=O)c1cncc(-c2cnc(Nc3ccc(F)c(Cl)c3)nc2NC2CCOC2)c1. The normalized spacial score (nSPS) is 15.4. The number of esters is 1. The minimum Gasteiger partial charge on any atom is -0.462 e. The molecular formula is C22H21ClFN5O3. The topological polar surface area (TPSA) is 98.3 Å². The van der Waals surface area contributed by atoms with E-state index < -0.39 is 11.8 Å². The van der Waals surface area contributed by atoms with Crippen LogP contribution in [0.5, 0.6) is 0 Å². The Hall–Kier alpha value is -3.30. The summed E-state index contributed by atoms with van der Waals surface area (Å²) in [5.74, 6) is -0.111. The number of pyridine rings is 1. The standard InChI is InChI=1S/C22H21ClFN5O3/c1-2-32-21(30)14-7-13(9-25-10-14)17-11-26-22(28-15-3-4-19(24)18(23)8-15)29-20(17)27-16-5-6-31-12-16/h3-4,7-11,16H,2,5-6,12H2,1H3,(H2,26,27,28,29). The fraction of sp³-hybridized carbons (Fsp3) is 0.273. The summed E-state index contributed by atoms with van der Waals surface area (Å²) in [6.07, 6.45) is 5.55. The van der Waals surface area contributed by atoms with Crippen LogP contribution in [0.15, 0.2) is 42.9 Å². The van der Waals surface area contributed by atoms with Crippen molar-refractivity contribution in [3.63, 3.8) is 0 Å². The summed E-state index contributed by atoms with van der Waals surface area (Å²) in [6.45, 7) is 3.24. The molecule has 0 saturated carbocycles. The van der Waals surface area contributed by atoms with E-state index in [9.17, 15) is 9.18 Å². The van der Waals surface area contributed by atoms with Crippen molar-refractivity contribution < 1.29 is 18.7 Å². The number of halogens is 2. The quantitative estimate of drug-likeness (QED) is 0.502. The molecule has 0 aliphatic carbocycles. The third-order valence-corrected chi connectivity index (χ3v) is 5.09. The van der Waals surface area contributed by atoms with E-state index >= 15 is 0 Å².